The van der Waals surface area contributed by atoms with E-state index in [0.717, 1.165) is 0 Å². The number of nitrogens with one attached hydrogen (secondary N) is 1. The van der Waals surface area contributed by atoms with Gasteiger partial charge in [0, 0.05) is 6.42 Å². The number of carbonyl (C=O) groups is 4. The van der Waals surface area contributed by atoms with E-state index in [-0.39, 0.29) is 18.6 Å². The summed E-state index contributed by atoms with van der Waals surface area (Å²) in [6.45, 7) is 4.21. The fourth-order valence-electron chi connectivity index (χ4n) is 1.91. The van der Waals surface area contributed by atoms with Gasteiger partial charge in [0.25, 0.3) is 0 Å². The number of ketones is 2. The Bertz CT molecular complexity index is 458. The first-order valence-corrected chi connectivity index (χ1v) is 7.29. The molecule has 8 heteroatoms. The van der Waals surface area contributed by atoms with Crippen molar-refractivity contribution in [1.82, 2.24) is 5.32 Å². The SMILES string of the molecule is CC(=O)[C@@H](CCCCCC(=O)C(F)(F)F)C(=O)NC(C)(C)C=O. The number of carbonyl (C=O) groups excluding carboxylic acids is 4. The van der Waals surface area contributed by atoms with E-state index in [4.69, 9.17) is 0 Å². The van der Waals surface area contributed by atoms with Gasteiger partial charge < -0.3 is 10.1 Å². The fraction of sp³-hybridized carbons (Fsp3) is 0.733. The molecular formula is C15H22F3NO4. The lowest BCUT2D eigenvalue weighted by Gasteiger charge is -2.22. The predicted octanol–water partition coefficient (Wildman–Crippen LogP) is 2.37. The zero-order valence-corrected chi connectivity index (χ0v) is 13.5. The molecule has 132 valence electrons. The van der Waals surface area contributed by atoms with Crippen LogP contribution >= 0.6 is 0 Å². The number of halogens is 3. The minimum absolute atomic E-state index is 0.0460. The molecule has 5 nitrogen and oxygen atoms in total. The Balaban J connectivity index is 4.31. The summed E-state index contributed by atoms with van der Waals surface area (Å²) in [5.74, 6) is -3.69. The zero-order valence-electron chi connectivity index (χ0n) is 13.5. The second kappa shape index (κ2) is 8.79. The molecule has 1 atom stereocenters. The lowest BCUT2D eigenvalue weighted by atomic mass is 9.94. The molecule has 23 heavy (non-hydrogen) atoms. The predicted molar refractivity (Wildman–Crippen MR) is 76.6 cm³/mol. The normalized spacial score (nSPS) is 13.3. The molecule has 0 heterocycles. The Morgan fingerprint density at radius 1 is 1.09 bits per heavy atom. The van der Waals surface area contributed by atoms with Gasteiger partial charge in [0.05, 0.1) is 11.5 Å². The Labute approximate surface area is 133 Å². The molecule has 0 saturated heterocycles. The summed E-state index contributed by atoms with van der Waals surface area (Å²) in [5.41, 5.74) is -1.09. The van der Waals surface area contributed by atoms with E-state index in [0.29, 0.717) is 19.1 Å². The summed E-state index contributed by atoms with van der Waals surface area (Å²) < 4.78 is 36.0. The Morgan fingerprint density at radius 2 is 1.65 bits per heavy atom. The van der Waals surface area contributed by atoms with Gasteiger partial charge in [0.15, 0.2) is 0 Å². The highest BCUT2D eigenvalue weighted by Gasteiger charge is 2.37. The van der Waals surface area contributed by atoms with Crippen LogP contribution in [0.3, 0.4) is 0 Å². The largest absolute Gasteiger partial charge is 0.449 e. The third-order valence-electron chi connectivity index (χ3n) is 3.26. The first-order chi connectivity index (χ1) is 10.4. The molecule has 0 radical (unpaired) electrons. The van der Waals surface area contributed by atoms with Gasteiger partial charge in [-0.2, -0.15) is 13.2 Å². The smallest absolute Gasteiger partial charge is 0.344 e. The van der Waals surface area contributed by atoms with Gasteiger partial charge >= 0.3 is 6.18 Å². The first-order valence-electron chi connectivity index (χ1n) is 7.29. The van der Waals surface area contributed by atoms with Gasteiger partial charge in [-0.05, 0) is 33.6 Å². The van der Waals surface area contributed by atoms with E-state index in [1.165, 1.54) is 20.8 Å². The molecule has 0 fully saturated rings. The topological polar surface area (TPSA) is 80.3 Å². The lowest BCUT2D eigenvalue weighted by Crippen LogP contribution is -2.48. The van der Waals surface area contributed by atoms with Gasteiger partial charge in [-0.25, -0.2) is 0 Å². The number of hydrogen-bond acceptors (Lipinski definition) is 4. The number of Topliss-reactive ketones (excluding diaryl/α,β-unsaturated/α-hetero) is 2. The van der Waals surface area contributed by atoms with E-state index in [2.05, 4.69) is 5.32 Å². The van der Waals surface area contributed by atoms with Crippen molar-refractivity contribution in [1.29, 1.82) is 0 Å². The van der Waals surface area contributed by atoms with Crippen LogP contribution in [0.15, 0.2) is 0 Å². The van der Waals surface area contributed by atoms with Crippen molar-refractivity contribution in [2.45, 2.75) is 64.6 Å². The average Bonchev–Trinajstić information content (AvgIpc) is 2.40. The highest BCUT2D eigenvalue weighted by molar-refractivity contribution is 6.01. The Kier molecular flexibility index (Phi) is 8.12. The van der Waals surface area contributed by atoms with Gasteiger partial charge in [-0.3, -0.25) is 14.4 Å². The van der Waals surface area contributed by atoms with E-state index in [1.54, 1.807) is 0 Å². The van der Waals surface area contributed by atoms with Crippen LogP contribution in [0.1, 0.15) is 52.9 Å². The van der Waals surface area contributed by atoms with Crippen molar-refractivity contribution in [2.24, 2.45) is 5.92 Å². The number of hydrogen-bond donors (Lipinski definition) is 1. The molecule has 0 spiro atoms. The van der Waals surface area contributed by atoms with Crippen molar-refractivity contribution in [3.05, 3.63) is 0 Å². The quantitative estimate of drug-likeness (QED) is 0.377. The summed E-state index contributed by atoms with van der Waals surface area (Å²) in [7, 11) is 0. The van der Waals surface area contributed by atoms with Gasteiger partial charge in [-0.1, -0.05) is 12.8 Å². The summed E-state index contributed by atoms with van der Waals surface area (Å²) in [5, 5.41) is 2.44. The van der Waals surface area contributed by atoms with Crippen LogP contribution in [-0.4, -0.2) is 35.5 Å². The molecule has 0 bridgehead atoms. The third-order valence-corrected chi connectivity index (χ3v) is 3.26. The molecule has 0 aliphatic carbocycles. The molecular weight excluding hydrogens is 315 g/mol. The summed E-state index contributed by atoms with van der Waals surface area (Å²) in [4.78, 5) is 44.9. The van der Waals surface area contributed by atoms with Crippen LogP contribution in [0.25, 0.3) is 0 Å². The number of aldehydes is 1. The van der Waals surface area contributed by atoms with E-state index >= 15 is 0 Å². The van der Waals surface area contributed by atoms with E-state index in [1.807, 2.05) is 0 Å². The monoisotopic (exact) mass is 337 g/mol. The Hall–Kier alpha value is -1.73. The molecule has 0 aromatic carbocycles. The van der Waals surface area contributed by atoms with Crippen LogP contribution < -0.4 is 5.32 Å². The molecule has 0 rings (SSSR count). The van der Waals surface area contributed by atoms with E-state index < -0.39 is 35.7 Å². The van der Waals surface area contributed by atoms with Crippen molar-refractivity contribution < 1.29 is 32.3 Å². The maximum absolute atomic E-state index is 12.0. The second-order valence-corrected chi connectivity index (χ2v) is 6.01. The third kappa shape index (κ3) is 8.47. The second-order valence-electron chi connectivity index (χ2n) is 6.01. The van der Waals surface area contributed by atoms with Gasteiger partial charge in [0.2, 0.25) is 11.7 Å². The van der Waals surface area contributed by atoms with Crippen molar-refractivity contribution in [2.75, 3.05) is 0 Å². The summed E-state index contributed by atoms with van der Waals surface area (Å²) in [6, 6.07) is 0. The molecule has 0 saturated carbocycles. The molecule has 0 unspecified atom stereocenters. The standard InChI is InChI=1S/C15H22F3NO4/c1-10(21)11(13(23)19-14(2,3)9-20)7-5-4-6-8-12(22)15(16,17)18/h9,11H,4-8H2,1-3H3,(H,19,23)/t11-/m1/s1. The van der Waals surface area contributed by atoms with Crippen molar-refractivity contribution >= 4 is 23.8 Å². The Morgan fingerprint density at radius 3 is 2.09 bits per heavy atom. The van der Waals surface area contributed by atoms with Crippen LogP contribution in [0.5, 0.6) is 0 Å². The number of unbranched alkanes of at least 4 members (excludes halogenated alkanes) is 2. The molecule has 0 aromatic rings. The van der Waals surface area contributed by atoms with Gasteiger partial charge in [-0.15, -0.1) is 0 Å². The summed E-state index contributed by atoms with van der Waals surface area (Å²) in [6.07, 6.45) is -4.02. The maximum atomic E-state index is 12.0. The van der Waals surface area contributed by atoms with Gasteiger partial charge in [0.1, 0.15) is 12.1 Å². The molecule has 0 aliphatic heterocycles. The zero-order chi connectivity index (χ0) is 18.3. The van der Waals surface area contributed by atoms with Crippen LogP contribution in [-0.2, 0) is 19.2 Å². The summed E-state index contributed by atoms with van der Waals surface area (Å²) >= 11 is 0. The first kappa shape index (κ1) is 21.3. The minimum atomic E-state index is -4.82. The van der Waals surface area contributed by atoms with Crippen molar-refractivity contribution in [3.63, 3.8) is 0 Å². The molecule has 0 aromatic heterocycles. The van der Waals surface area contributed by atoms with Crippen molar-refractivity contribution in [3.8, 4) is 0 Å². The molecule has 1 N–H and O–H groups in total. The number of alkyl halides is 3. The highest BCUT2D eigenvalue weighted by Crippen LogP contribution is 2.20. The lowest BCUT2D eigenvalue weighted by molar-refractivity contribution is -0.171. The van der Waals surface area contributed by atoms with E-state index in [9.17, 15) is 32.3 Å². The van der Waals surface area contributed by atoms with Crippen LogP contribution in [0, 0.1) is 5.92 Å². The van der Waals surface area contributed by atoms with Crippen LogP contribution in [0.4, 0.5) is 13.2 Å². The number of rotatable bonds is 10. The minimum Gasteiger partial charge on any atom is -0.344 e. The van der Waals surface area contributed by atoms with Crippen LogP contribution in [0.2, 0.25) is 0 Å². The molecule has 0 aliphatic rings. The maximum Gasteiger partial charge on any atom is 0.449 e. The number of amides is 1. The fourth-order valence-corrected chi connectivity index (χ4v) is 1.91. The highest BCUT2D eigenvalue weighted by atomic mass is 19.4. The average molecular weight is 337 g/mol. The molecule has 1 amide bonds.